The smallest absolute Gasteiger partial charge is 0.225 e. The van der Waals surface area contributed by atoms with Gasteiger partial charge in [-0.25, -0.2) is 4.98 Å². The van der Waals surface area contributed by atoms with Crippen molar-refractivity contribution in [3.8, 4) is 17.0 Å². The normalized spacial score (nSPS) is 11.7. The van der Waals surface area contributed by atoms with Gasteiger partial charge in [-0.15, -0.1) is 0 Å². The van der Waals surface area contributed by atoms with Crippen LogP contribution in [0.5, 0.6) is 5.75 Å². The Kier molecular flexibility index (Phi) is 6.84. The van der Waals surface area contributed by atoms with Gasteiger partial charge < -0.3 is 15.4 Å². The molecule has 2 aromatic carbocycles. The molecule has 0 aliphatic rings. The van der Waals surface area contributed by atoms with Crippen LogP contribution in [0.2, 0.25) is 0 Å². The number of nitrogens with zero attached hydrogens (tertiary/aromatic N) is 2. The number of aromatic nitrogens is 2. The molecule has 0 aliphatic carbocycles. The molecule has 28 heavy (non-hydrogen) atoms. The Labute approximate surface area is 167 Å². The van der Waals surface area contributed by atoms with Crippen LogP contribution in [0, 0.1) is 0 Å². The summed E-state index contributed by atoms with van der Waals surface area (Å²) in [4.78, 5) is 9.35. The van der Waals surface area contributed by atoms with E-state index in [9.17, 15) is 0 Å². The van der Waals surface area contributed by atoms with Crippen LogP contribution in [-0.2, 0) is 6.42 Å². The summed E-state index contributed by atoms with van der Waals surface area (Å²) in [6.45, 7) is 5.07. The number of ether oxygens (including phenoxy) is 1. The average molecular weight is 377 g/mol. The summed E-state index contributed by atoms with van der Waals surface area (Å²) in [5.41, 5.74) is 3.24. The van der Waals surface area contributed by atoms with Crippen LogP contribution in [0.1, 0.15) is 25.8 Å². The third-order valence-corrected chi connectivity index (χ3v) is 4.66. The highest BCUT2D eigenvalue weighted by Gasteiger charge is 2.08. The Morgan fingerprint density at radius 2 is 1.75 bits per heavy atom. The molecule has 0 radical (unpaired) electrons. The zero-order chi connectivity index (χ0) is 19.8. The van der Waals surface area contributed by atoms with Gasteiger partial charge in [0.05, 0.1) is 12.8 Å². The first kappa shape index (κ1) is 19.7. The summed E-state index contributed by atoms with van der Waals surface area (Å²) in [5.74, 6) is 2.36. The van der Waals surface area contributed by atoms with Crippen molar-refractivity contribution in [1.29, 1.82) is 0 Å². The van der Waals surface area contributed by atoms with Crippen molar-refractivity contribution in [2.45, 2.75) is 32.7 Å². The molecule has 5 nitrogen and oxygen atoms in total. The summed E-state index contributed by atoms with van der Waals surface area (Å²) in [7, 11) is 1.68. The fourth-order valence-electron chi connectivity index (χ4n) is 2.81. The first-order valence-corrected chi connectivity index (χ1v) is 9.75. The summed E-state index contributed by atoms with van der Waals surface area (Å²) >= 11 is 0. The predicted octanol–water partition coefficient (Wildman–Crippen LogP) is 5.02. The van der Waals surface area contributed by atoms with E-state index in [1.54, 1.807) is 7.11 Å². The van der Waals surface area contributed by atoms with Crippen LogP contribution in [-0.4, -0.2) is 29.7 Å². The van der Waals surface area contributed by atoms with Crippen molar-refractivity contribution in [2.24, 2.45) is 0 Å². The Hall–Kier alpha value is -3.08. The molecule has 0 aliphatic heterocycles. The van der Waals surface area contributed by atoms with Crippen molar-refractivity contribution >= 4 is 11.8 Å². The molecule has 0 amide bonds. The third-order valence-electron chi connectivity index (χ3n) is 4.66. The maximum atomic E-state index is 5.21. The van der Waals surface area contributed by atoms with Crippen molar-refractivity contribution in [3.05, 3.63) is 66.2 Å². The lowest BCUT2D eigenvalue weighted by Crippen LogP contribution is -2.17. The quantitative estimate of drug-likeness (QED) is 0.549. The fraction of sp³-hybridized carbons (Fsp3) is 0.304. The molecule has 1 unspecified atom stereocenters. The third kappa shape index (κ3) is 5.46. The van der Waals surface area contributed by atoms with Gasteiger partial charge in [-0.3, -0.25) is 0 Å². The van der Waals surface area contributed by atoms with Crippen LogP contribution >= 0.6 is 0 Å². The van der Waals surface area contributed by atoms with Gasteiger partial charge in [0.1, 0.15) is 11.6 Å². The van der Waals surface area contributed by atoms with E-state index in [-0.39, 0.29) is 0 Å². The van der Waals surface area contributed by atoms with Crippen LogP contribution in [0.4, 0.5) is 11.8 Å². The molecule has 0 saturated heterocycles. The molecule has 0 bridgehead atoms. The van der Waals surface area contributed by atoms with Crippen LogP contribution in [0.25, 0.3) is 11.3 Å². The minimum atomic E-state index is 0.318. The number of hydrogen-bond acceptors (Lipinski definition) is 5. The average Bonchev–Trinajstić information content (AvgIpc) is 2.74. The van der Waals surface area contributed by atoms with E-state index in [4.69, 9.17) is 9.72 Å². The van der Waals surface area contributed by atoms with Crippen molar-refractivity contribution in [1.82, 2.24) is 9.97 Å². The standard InChI is InChI=1S/C23H28N4O/c1-4-17(2)25-23-26-21(19-8-6-5-7-9-19)16-22(27-23)24-15-14-18-10-12-20(28-3)13-11-18/h5-13,16-17H,4,14-15H2,1-3H3,(H2,24,25,26,27). The Morgan fingerprint density at radius 1 is 1.00 bits per heavy atom. The molecule has 5 heteroatoms. The Balaban J connectivity index is 1.73. The summed E-state index contributed by atoms with van der Waals surface area (Å²) < 4.78 is 5.21. The second-order valence-electron chi connectivity index (χ2n) is 6.81. The van der Waals surface area contributed by atoms with E-state index < -0.39 is 0 Å². The van der Waals surface area contributed by atoms with Gasteiger partial charge in [0, 0.05) is 24.2 Å². The van der Waals surface area contributed by atoms with E-state index in [2.05, 4.69) is 53.7 Å². The number of anilines is 2. The van der Waals surface area contributed by atoms with Gasteiger partial charge in [-0.1, -0.05) is 49.4 Å². The lowest BCUT2D eigenvalue weighted by molar-refractivity contribution is 0.414. The Morgan fingerprint density at radius 3 is 2.43 bits per heavy atom. The molecule has 1 aromatic heterocycles. The molecular formula is C23H28N4O. The SMILES string of the molecule is CCC(C)Nc1nc(NCCc2ccc(OC)cc2)cc(-c2ccccc2)n1. The molecule has 1 atom stereocenters. The molecule has 3 rings (SSSR count). The first-order valence-electron chi connectivity index (χ1n) is 9.75. The van der Waals surface area contributed by atoms with E-state index in [0.29, 0.717) is 12.0 Å². The van der Waals surface area contributed by atoms with E-state index >= 15 is 0 Å². The van der Waals surface area contributed by atoms with Gasteiger partial charge in [0.15, 0.2) is 0 Å². The maximum absolute atomic E-state index is 5.21. The summed E-state index contributed by atoms with van der Waals surface area (Å²) in [6.07, 6.45) is 1.92. The van der Waals surface area contributed by atoms with Crippen molar-refractivity contribution in [3.63, 3.8) is 0 Å². The van der Waals surface area contributed by atoms with Gasteiger partial charge >= 0.3 is 0 Å². The molecule has 3 aromatic rings. The monoisotopic (exact) mass is 376 g/mol. The van der Waals surface area contributed by atoms with Crippen LogP contribution in [0.15, 0.2) is 60.7 Å². The molecule has 146 valence electrons. The second kappa shape index (κ2) is 9.74. The maximum Gasteiger partial charge on any atom is 0.225 e. The van der Waals surface area contributed by atoms with Crippen molar-refractivity contribution in [2.75, 3.05) is 24.3 Å². The molecule has 0 fully saturated rings. The molecule has 1 heterocycles. The van der Waals surface area contributed by atoms with Crippen molar-refractivity contribution < 1.29 is 4.74 Å². The molecule has 0 saturated carbocycles. The largest absolute Gasteiger partial charge is 0.497 e. The van der Waals surface area contributed by atoms with E-state index in [1.165, 1.54) is 5.56 Å². The minimum Gasteiger partial charge on any atom is -0.497 e. The van der Waals surface area contributed by atoms with Gasteiger partial charge in [-0.05, 0) is 37.5 Å². The predicted molar refractivity (Wildman–Crippen MR) is 116 cm³/mol. The number of hydrogen-bond donors (Lipinski definition) is 2. The second-order valence-corrected chi connectivity index (χ2v) is 6.81. The molecular weight excluding hydrogens is 348 g/mol. The topological polar surface area (TPSA) is 59.1 Å². The van der Waals surface area contributed by atoms with Crippen LogP contribution < -0.4 is 15.4 Å². The lowest BCUT2D eigenvalue weighted by atomic mass is 10.1. The van der Waals surface area contributed by atoms with Gasteiger partial charge in [-0.2, -0.15) is 4.98 Å². The lowest BCUT2D eigenvalue weighted by Gasteiger charge is -2.14. The first-order chi connectivity index (χ1) is 13.7. The van der Waals surface area contributed by atoms with E-state index in [1.807, 2.05) is 36.4 Å². The highest BCUT2D eigenvalue weighted by molar-refractivity contribution is 5.64. The zero-order valence-corrected chi connectivity index (χ0v) is 16.8. The number of nitrogens with one attached hydrogen (secondary N) is 2. The highest BCUT2D eigenvalue weighted by Crippen LogP contribution is 2.22. The molecule has 2 N–H and O–H groups in total. The number of rotatable bonds is 9. The minimum absolute atomic E-state index is 0.318. The van der Waals surface area contributed by atoms with Gasteiger partial charge in [0.2, 0.25) is 5.95 Å². The zero-order valence-electron chi connectivity index (χ0n) is 16.8. The van der Waals surface area contributed by atoms with Gasteiger partial charge in [0.25, 0.3) is 0 Å². The van der Waals surface area contributed by atoms with Crippen LogP contribution in [0.3, 0.4) is 0 Å². The highest BCUT2D eigenvalue weighted by atomic mass is 16.5. The molecule has 0 spiro atoms. The fourth-order valence-corrected chi connectivity index (χ4v) is 2.81. The number of benzene rings is 2. The summed E-state index contributed by atoms with van der Waals surface area (Å²) in [5, 5.41) is 6.83. The summed E-state index contributed by atoms with van der Waals surface area (Å²) in [6, 6.07) is 20.7. The van der Waals surface area contributed by atoms with E-state index in [0.717, 1.165) is 42.2 Å². The number of methoxy groups -OCH3 is 1. The Bertz CT molecular complexity index is 866.